The molecular formula is C10H10O2. The number of hydrogen-bond acceptors (Lipinski definition) is 2. The predicted molar refractivity (Wildman–Crippen MR) is 44.6 cm³/mol. The maximum Gasteiger partial charge on any atom is 0.306 e. The first-order valence-corrected chi connectivity index (χ1v) is 4.08. The fourth-order valence-corrected chi connectivity index (χ4v) is 1.41. The summed E-state index contributed by atoms with van der Waals surface area (Å²) in [5.41, 5.74) is 2.38. The molecule has 12 heavy (non-hydrogen) atoms. The summed E-state index contributed by atoms with van der Waals surface area (Å²) >= 11 is 0. The highest BCUT2D eigenvalue weighted by Gasteiger charge is 2.12. The molecular weight excluding hydrogens is 152 g/mol. The van der Waals surface area contributed by atoms with Crippen molar-refractivity contribution in [2.75, 3.05) is 0 Å². The molecule has 1 aromatic rings. The van der Waals surface area contributed by atoms with Crippen molar-refractivity contribution in [3.05, 3.63) is 35.4 Å². The molecule has 0 amide bonds. The molecule has 0 unspecified atom stereocenters. The zero-order chi connectivity index (χ0) is 8.39. The van der Waals surface area contributed by atoms with Crippen LogP contribution in [-0.4, -0.2) is 5.97 Å². The van der Waals surface area contributed by atoms with Gasteiger partial charge in [0.05, 0.1) is 0 Å². The number of cyclic esters (lactones) is 1. The third kappa shape index (κ3) is 1.33. The molecule has 0 spiro atoms. The van der Waals surface area contributed by atoms with Crippen molar-refractivity contribution in [2.24, 2.45) is 0 Å². The Kier molecular flexibility index (Phi) is 1.82. The van der Waals surface area contributed by atoms with E-state index in [0.29, 0.717) is 13.0 Å². The van der Waals surface area contributed by atoms with Crippen molar-refractivity contribution < 1.29 is 9.53 Å². The van der Waals surface area contributed by atoms with Crippen LogP contribution in [0.4, 0.5) is 0 Å². The van der Waals surface area contributed by atoms with Gasteiger partial charge in [-0.3, -0.25) is 4.79 Å². The molecule has 62 valence electrons. The lowest BCUT2D eigenvalue weighted by atomic mass is 10.0. The number of ether oxygens (including phenoxy) is 1. The van der Waals surface area contributed by atoms with Gasteiger partial charge in [0.25, 0.3) is 0 Å². The Hall–Kier alpha value is -1.31. The van der Waals surface area contributed by atoms with E-state index in [1.165, 1.54) is 5.56 Å². The fraction of sp³-hybridized carbons (Fsp3) is 0.300. The standard InChI is InChI=1S/C10H10O2/c11-10-6-5-8-3-1-2-4-9(8)7-12-10/h1-4H,5-7H2. The van der Waals surface area contributed by atoms with Gasteiger partial charge in [0.2, 0.25) is 0 Å². The average Bonchev–Trinajstić information content (AvgIpc) is 2.29. The summed E-state index contributed by atoms with van der Waals surface area (Å²) in [5, 5.41) is 0. The minimum absolute atomic E-state index is 0.0915. The number of hydrogen-bond donors (Lipinski definition) is 0. The van der Waals surface area contributed by atoms with Gasteiger partial charge >= 0.3 is 5.97 Å². The van der Waals surface area contributed by atoms with E-state index in [9.17, 15) is 4.79 Å². The lowest BCUT2D eigenvalue weighted by Gasteiger charge is -2.01. The summed E-state index contributed by atoms with van der Waals surface area (Å²) in [5.74, 6) is -0.0915. The lowest BCUT2D eigenvalue weighted by molar-refractivity contribution is -0.144. The number of benzene rings is 1. The Morgan fingerprint density at radius 2 is 1.83 bits per heavy atom. The molecule has 0 fully saturated rings. The number of rotatable bonds is 0. The molecule has 1 aromatic carbocycles. The summed E-state index contributed by atoms with van der Waals surface area (Å²) in [4.78, 5) is 10.9. The first-order valence-electron chi connectivity index (χ1n) is 4.08. The number of aryl methyl sites for hydroxylation is 1. The summed E-state index contributed by atoms with van der Waals surface area (Å²) in [6.45, 7) is 0.439. The van der Waals surface area contributed by atoms with Crippen LogP contribution in [0.15, 0.2) is 24.3 Å². The summed E-state index contributed by atoms with van der Waals surface area (Å²) < 4.78 is 4.99. The van der Waals surface area contributed by atoms with E-state index in [2.05, 4.69) is 6.07 Å². The van der Waals surface area contributed by atoms with Crippen LogP contribution in [0.1, 0.15) is 17.5 Å². The van der Waals surface area contributed by atoms with Gasteiger partial charge in [0.15, 0.2) is 0 Å². The largest absolute Gasteiger partial charge is 0.461 e. The van der Waals surface area contributed by atoms with E-state index in [1.807, 2.05) is 18.2 Å². The van der Waals surface area contributed by atoms with E-state index in [1.54, 1.807) is 0 Å². The van der Waals surface area contributed by atoms with E-state index >= 15 is 0 Å². The maximum absolute atomic E-state index is 10.9. The van der Waals surface area contributed by atoms with E-state index in [0.717, 1.165) is 12.0 Å². The van der Waals surface area contributed by atoms with Crippen LogP contribution in [0.5, 0.6) is 0 Å². The first-order chi connectivity index (χ1) is 5.86. The number of esters is 1. The van der Waals surface area contributed by atoms with Crippen molar-refractivity contribution in [1.29, 1.82) is 0 Å². The molecule has 0 saturated heterocycles. The average molecular weight is 162 g/mol. The van der Waals surface area contributed by atoms with Crippen molar-refractivity contribution in [3.63, 3.8) is 0 Å². The van der Waals surface area contributed by atoms with Gasteiger partial charge in [-0.05, 0) is 17.5 Å². The van der Waals surface area contributed by atoms with Crippen molar-refractivity contribution in [1.82, 2.24) is 0 Å². The smallest absolute Gasteiger partial charge is 0.306 e. The van der Waals surface area contributed by atoms with Gasteiger partial charge in [0.1, 0.15) is 6.61 Å². The number of fused-ring (bicyclic) bond motifs is 1. The molecule has 0 aromatic heterocycles. The Morgan fingerprint density at radius 3 is 2.67 bits per heavy atom. The Bertz CT molecular complexity index is 275. The molecule has 0 N–H and O–H groups in total. The third-order valence-electron chi connectivity index (χ3n) is 2.11. The van der Waals surface area contributed by atoms with Gasteiger partial charge in [0, 0.05) is 6.42 Å². The second-order valence-electron chi connectivity index (χ2n) is 2.93. The van der Waals surface area contributed by atoms with Crippen molar-refractivity contribution in [2.45, 2.75) is 19.4 Å². The maximum atomic E-state index is 10.9. The Labute approximate surface area is 71.2 Å². The highest BCUT2D eigenvalue weighted by atomic mass is 16.5. The molecule has 2 rings (SSSR count). The number of carbonyl (C=O) groups is 1. The third-order valence-corrected chi connectivity index (χ3v) is 2.11. The van der Waals surface area contributed by atoms with Gasteiger partial charge in [-0.1, -0.05) is 24.3 Å². The van der Waals surface area contributed by atoms with E-state index in [-0.39, 0.29) is 5.97 Å². The zero-order valence-corrected chi connectivity index (χ0v) is 6.75. The molecule has 1 heterocycles. The van der Waals surface area contributed by atoms with Crippen LogP contribution < -0.4 is 0 Å². The quantitative estimate of drug-likeness (QED) is 0.542. The normalized spacial score (nSPS) is 16.2. The van der Waals surface area contributed by atoms with Crippen LogP contribution in [0.25, 0.3) is 0 Å². The van der Waals surface area contributed by atoms with Gasteiger partial charge in [-0.15, -0.1) is 0 Å². The topological polar surface area (TPSA) is 26.3 Å². The van der Waals surface area contributed by atoms with E-state index < -0.39 is 0 Å². The van der Waals surface area contributed by atoms with Crippen LogP contribution in [0.3, 0.4) is 0 Å². The highest BCUT2D eigenvalue weighted by molar-refractivity contribution is 5.70. The second-order valence-corrected chi connectivity index (χ2v) is 2.93. The monoisotopic (exact) mass is 162 g/mol. The first kappa shape index (κ1) is 7.35. The Morgan fingerprint density at radius 1 is 1.08 bits per heavy atom. The van der Waals surface area contributed by atoms with Crippen LogP contribution in [0, 0.1) is 0 Å². The van der Waals surface area contributed by atoms with Gasteiger partial charge in [-0.2, -0.15) is 0 Å². The van der Waals surface area contributed by atoms with Gasteiger partial charge in [-0.25, -0.2) is 0 Å². The second kappa shape index (κ2) is 2.97. The summed E-state index contributed by atoms with van der Waals surface area (Å²) in [6.07, 6.45) is 1.33. The predicted octanol–water partition coefficient (Wildman–Crippen LogP) is 1.68. The van der Waals surface area contributed by atoms with Crippen LogP contribution in [0.2, 0.25) is 0 Å². The fourth-order valence-electron chi connectivity index (χ4n) is 1.41. The molecule has 2 nitrogen and oxygen atoms in total. The molecule has 0 bridgehead atoms. The Balaban J connectivity index is 2.32. The summed E-state index contributed by atoms with van der Waals surface area (Å²) in [6, 6.07) is 8.03. The van der Waals surface area contributed by atoms with Crippen LogP contribution in [-0.2, 0) is 22.6 Å². The van der Waals surface area contributed by atoms with Crippen molar-refractivity contribution >= 4 is 5.97 Å². The summed E-state index contributed by atoms with van der Waals surface area (Å²) in [7, 11) is 0. The molecule has 0 saturated carbocycles. The van der Waals surface area contributed by atoms with Crippen LogP contribution >= 0.6 is 0 Å². The zero-order valence-electron chi connectivity index (χ0n) is 6.75. The molecule has 1 aliphatic rings. The van der Waals surface area contributed by atoms with Crippen molar-refractivity contribution in [3.8, 4) is 0 Å². The minimum Gasteiger partial charge on any atom is -0.461 e. The highest BCUT2D eigenvalue weighted by Crippen LogP contribution is 2.16. The number of carbonyl (C=O) groups excluding carboxylic acids is 1. The van der Waals surface area contributed by atoms with Gasteiger partial charge < -0.3 is 4.74 Å². The minimum atomic E-state index is -0.0915. The molecule has 2 heteroatoms. The molecule has 0 radical (unpaired) electrons. The molecule has 0 atom stereocenters. The lowest BCUT2D eigenvalue weighted by Crippen LogP contribution is -2.00. The molecule has 0 aliphatic carbocycles. The molecule has 1 aliphatic heterocycles. The van der Waals surface area contributed by atoms with E-state index in [4.69, 9.17) is 4.74 Å². The SMILES string of the molecule is O=C1CCc2ccccc2CO1.